The van der Waals surface area contributed by atoms with Gasteiger partial charge in [0.2, 0.25) is 0 Å². The molecule has 0 heterocycles. The molecule has 1 atom stereocenters. The van der Waals surface area contributed by atoms with E-state index in [1.165, 1.54) is 0 Å². The summed E-state index contributed by atoms with van der Waals surface area (Å²) in [6.07, 6.45) is -4.15. The Hall–Kier alpha value is -0.820. The van der Waals surface area contributed by atoms with E-state index in [9.17, 15) is 18.0 Å². The highest BCUT2D eigenvalue weighted by molar-refractivity contribution is 5.74. The SMILES string of the molecule is CCC(CN)(CCOCC(F)(F)F)C(=O)O. The predicted octanol–water partition coefficient (Wildman–Crippen LogP) is 1.40. The summed E-state index contributed by atoms with van der Waals surface area (Å²) in [6, 6.07) is 0. The van der Waals surface area contributed by atoms with Crippen molar-refractivity contribution in [3.8, 4) is 0 Å². The molecule has 0 aliphatic heterocycles. The van der Waals surface area contributed by atoms with Gasteiger partial charge in [-0.2, -0.15) is 13.2 Å². The zero-order valence-corrected chi connectivity index (χ0v) is 9.01. The number of alkyl halides is 3. The minimum atomic E-state index is -4.39. The van der Waals surface area contributed by atoms with E-state index in [4.69, 9.17) is 10.8 Å². The molecule has 3 N–H and O–H groups in total. The van der Waals surface area contributed by atoms with Gasteiger partial charge in [0, 0.05) is 13.2 Å². The molecule has 0 spiro atoms. The fourth-order valence-corrected chi connectivity index (χ4v) is 1.22. The Bertz CT molecular complexity index is 227. The number of rotatable bonds is 7. The second-order valence-electron chi connectivity index (χ2n) is 3.56. The van der Waals surface area contributed by atoms with Gasteiger partial charge in [0.1, 0.15) is 6.61 Å². The standard InChI is InChI=1S/C9H16F3NO3/c1-2-8(5-13,7(14)15)3-4-16-6-9(10,11)12/h2-6,13H2,1H3,(H,14,15). The Morgan fingerprint density at radius 3 is 2.31 bits per heavy atom. The lowest BCUT2D eigenvalue weighted by molar-refractivity contribution is -0.176. The van der Waals surface area contributed by atoms with Crippen molar-refractivity contribution in [1.29, 1.82) is 0 Å². The van der Waals surface area contributed by atoms with Crippen molar-refractivity contribution in [2.45, 2.75) is 25.9 Å². The third-order valence-electron chi connectivity index (χ3n) is 2.51. The van der Waals surface area contributed by atoms with Gasteiger partial charge in [-0.05, 0) is 12.8 Å². The molecule has 0 saturated carbocycles. The zero-order chi connectivity index (χ0) is 12.8. The number of carboxylic acid groups (broad SMARTS) is 1. The van der Waals surface area contributed by atoms with Crippen molar-refractivity contribution in [1.82, 2.24) is 0 Å². The minimum absolute atomic E-state index is 0.0224. The maximum absolute atomic E-state index is 11.7. The van der Waals surface area contributed by atoms with Crippen molar-refractivity contribution in [3.63, 3.8) is 0 Å². The normalized spacial score (nSPS) is 15.8. The molecule has 0 aliphatic rings. The number of nitrogens with two attached hydrogens (primary N) is 1. The van der Waals surface area contributed by atoms with Crippen LogP contribution in [-0.2, 0) is 9.53 Å². The molecule has 0 radical (unpaired) electrons. The van der Waals surface area contributed by atoms with Crippen molar-refractivity contribution in [2.75, 3.05) is 19.8 Å². The lowest BCUT2D eigenvalue weighted by Crippen LogP contribution is -2.39. The van der Waals surface area contributed by atoms with Gasteiger partial charge in [0.05, 0.1) is 5.41 Å². The third-order valence-corrected chi connectivity index (χ3v) is 2.51. The lowest BCUT2D eigenvalue weighted by Gasteiger charge is -2.26. The van der Waals surface area contributed by atoms with Crippen LogP contribution in [0.4, 0.5) is 13.2 Å². The largest absolute Gasteiger partial charge is 0.481 e. The molecular formula is C9H16F3NO3. The zero-order valence-electron chi connectivity index (χ0n) is 9.01. The summed E-state index contributed by atoms with van der Waals surface area (Å²) in [6.45, 7) is -0.118. The molecule has 0 rings (SSSR count). The minimum Gasteiger partial charge on any atom is -0.481 e. The topological polar surface area (TPSA) is 72.5 Å². The van der Waals surface area contributed by atoms with Gasteiger partial charge in [0.15, 0.2) is 0 Å². The molecular weight excluding hydrogens is 227 g/mol. The van der Waals surface area contributed by atoms with Gasteiger partial charge in [0.25, 0.3) is 0 Å². The molecule has 4 nitrogen and oxygen atoms in total. The predicted molar refractivity (Wildman–Crippen MR) is 50.9 cm³/mol. The van der Waals surface area contributed by atoms with Crippen LogP contribution in [0.25, 0.3) is 0 Å². The van der Waals surface area contributed by atoms with Crippen LogP contribution < -0.4 is 5.73 Å². The number of hydrogen-bond donors (Lipinski definition) is 2. The molecule has 0 fully saturated rings. The van der Waals surface area contributed by atoms with Gasteiger partial charge < -0.3 is 15.6 Å². The summed E-state index contributed by atoms with van der Waals surface area (Å²) in [5, 5.41) is 8.93. The van der Waals surface area contributed by atoms with E-state index in [-0.39, 0.29) is 26.0 Å². The molecule has 0 aromatic rings. The number of carbonyl (C=O) groups is 1. The van der Waals surface area contributed by atoms with Crippen molar-refractivity contribution < 1.29 is 27.8 Å². The van der Waals surface area contributed by atoms with E-state index in [1.54, 1.807) is 6.92 Å². The highest BCUT2D eigenvalue weighted by atomic mass is 19.4. The quantitative estimate of drug-likeness (QED) is 0.663. The van der Waals surface area contributed by atoms with Crippen LogP contribution >= 0.6 is 0 Å². The molecule has 7 heteroatoms. The maximum atomic E-state index is 11.7. The first-order valence-electron chi connectivity index (χ1n) is 4.85. The van der Waals surface area contributed by atoms with Crippen LogP contribution in [0.5, 0.6) is 0 Å². The van der Waals surface area contributed by atoms with Gasteiger partial charge >= 0.3 is 12.1 Å². The van der Waals surface area contributed by atoms with Gasteiger partial charge in [-0.25, -0.2) is 0 Å². The van der Waals surface area contributed by atoms with E-state index in [1.807, 2.05) is 0 Å². The Labute approximate surface area is 91.6 Å². The van der Waals surface area contributed by atoms with Crippen LogP contribution in [0.15, 0.2) is 0 Å². The Morgan fingerprint density at radius 1 is 1.44 bits per heavy atom. The Balaban J connectivity index is 4.10. The molecule has 0 amide bonds. The molecule has 1 unspecified atom stereocenters. The van der Waals surface area contributed by atoms with Crippen molar-refractivity contribution in [3.05, 3.63) is 0 Å². The smallest absolute Gasteiger partial charge is 0.411 e. The first-order chi connectivity index (χ1) is 7.27. The molecule has 0 bridgehead atoms. The van der Waals surface area contributed by atoms with E-state index in [0.29, 0.717) is 0 Å². The number of halogens is 3. The monoisotopic (exact) mass is 243 g/mol. The number of aliphatic carboxylic acids is 1. The van der Waals surface area contributed by atoms with Gasteiger partial charge in [-0.15, -0.1) is 0 Å². The molecule has 96 valence electrons. The molecule has 0 aromatic carbocycles. The fourth-order valence-electron chi connectivity index (χ4n) is 1.22. The molecule has 0 aliphatic carbocycles. The first kappa shape index (κ1) is 15.2. The van der Waals surface area contributed by atoms with Crippen LogP contribution in [0.3, 0.4) is 0 Å². The summed E-state index contributed by atoms with van der Waals surface area (Å²) >= 11 is 0. The summed E-state index contributed by atoms with van der Waals surface area (Å²) in [7, 11) is 0. The molecule has 0 saturated heterocycles. The molecule has 16 heavy (non-hydrogen) atoms. The first-order valence-corrected chi connectivity index (χ1v) is 4.85. The van der Waals surface area contributed by atoms with Crippen LogP contribution in [-0.4, -0.2) is 37.0 Å². The average Bonchev–Trinajstić information content (AvgIpc) is 2.17. The summed E-state index contributed by atoms with van der Waals surface area (Å²) in [4.78, 5) is 10.9. The lowest BCUT2D eigenvalue weighted by atomic mass is 9.82. The Morgan fingerprint density at radius 2 is 2.00 bits per heavy atom. The summed E-state index contributed by atoms with van der Waals surface area (Å²) in [5.74, 6) is -1.10. The van der Waals surface area contributed by atoms with E-state index < -0.39 is 24.2 Å². The van der Waals surface area contributed by atoms with Crippen LogP contribution in [0.1, 0.15) is 19.8 Å². The van der Waals surface area contributed by atoms with Gasteiger partial charge in [-0.3, -0.25) is 4.79 Å². The summed E-state index contributed by atoms with van der Waals surface area (Å²) in [5.41, 5.74) is 4.14. The number of ether oxygens (including phenoxy) is 1. The highest BCUT2D eigenvalue weighted by Gasteiger charge is 2.35. The highest BCUT2D eigenvalue weighted by Crippen LogP contribution is 2.26. The number of hydrogen-bond acceptors (Lipinski definition) is 3. The fraction of sp³-hybridized carbons (Fsp3) is 0.889. The van der Waals surface area contributed by atoms with Crippen molar-refractivity contribution in [2.24, 2.45) is 11.1 Å². The van der Waals surface area contributed by atoms with E-state index >= 15 is 0 Å². The third kappa shape index (κ3) is 4.80. The van der Waals surface area contributed by atoms with Crippen molar-refractivity contribution >= 4 is 5.97 Å². The van der Waals surface area contributed by atoms with Gasteiger partial charge in [-0.1, -0.05) is 6.92 Å². The summed E-state index contributed by atoms with van der Waals surface area (Å²) < 4.78 is 39.6. The van der Waals surface area contributed by atoms with E-state index in [0.717, 1.165) is 0 Å². The number of carboxylic acids is 1. The van der Waals surface area contributed by atoms with Crippen LogP contribution in [0.2, 0.25) is 0 Å². The second kappa shape index (κ2) is 6.05. The molecule has 0 aromatic heterocycles. The van der Waals surface area contributed by atoms with Crippen LogP contribution in [0, 0.1) is 5.41 Å². The van der Waals surface area contributed by atoms with E-state index in [2.05, 4.69) is 4.74 Å². The second-order valence-corrected chi connectivity index (χ2v) is 3.56. The Kier molecular flexibility index (Phi) is 5.74. The maximum Gasteiger partial charge on any atom is 0.411 e. The average molecular weight is 243 g/mol.